The molecule has 0 saturated carbocycles. The lowest BCUT2D eigenvalue weighted by Gasteiger charge is -2.31. The van der Waals surface area contributed by atoms with Crippen LogP contribution in [0.25, 0.3) is 0 Å². The Balaban J connectivity index is 2.23. The summed E-state index contributed by atoms with van der Waals surface area (Å²) in [6.07, 6.45) is 1.83. The summed E-state index contributed by atoms with van der Waals surface area (Å²) in [5.41, 5.74) is 5.96. The summed E-state index contributed by atoms with van der Waals surface area (Å²) >= 11 is 5.83. The van der Waals surface area contributed by atoms with Crippen LogP contribution in [0.1, 0.15) is 12.8 Å². The van der Waals surface area contributed by atoms with Crippen molar-refractivity contribution < 1.29 is 13.2 Å². The van der Waals surface area contributed by atoms with Crippen molar-refractivity contribution in [2.75, 3.05) is 32.5 Å². The van der Waals surface area contributed by atoms with E-state index in [1.54, 1.807) is 7.11 Å². The summed E-state index contributed by atoms with van der Waals surface area (Å²) < 4.78 is 31.8. The minimum absolute atomic E-state index is 0.192. The van der Waals surface area contributed by atoms with Gasteiger partial charge < -0.3 is 10.5 Å². The van der Waals surface area contributed by atoms with Gasteiger partial charge in [-0.25, -0.2) is 8.42 Å². The number of anilines is 1. The minimum Gasteiger partial charge on any atom is -0.397 e. The Kier molecular flexibility index (Phi) is 4.90. The van der Waals surface area contributed by atoms with Crippen LogP contribution in [0.15, 0.2) is 23.1 Å². The van der Waals surface area contributed by atoms with E-state index < -0.39 is 10.0 Å². The molecule has 0 spiro atoms. The number of ether oxygens (including phenoxy) is 1. The normalized spacial score (nSPS) is 21.0. The molecule has 1 unspecified atom stereocenters. The third-order valence-corrected chi connectivity index (χ3v) is 5.69. The van der Waals surface area contributed by atoms with Crippen LogP contribution >= 0.6 is 11.6 Å². The molecule has 20 heavy (non-hydrogen) atoms. The molecule has 1 fully saturated rings. The number of hydrogen-bond donors (Lipinski definition) is 1. The number of nitrogens with zero attached hydrogens (tertiary/aromatic N) is 1. The average molecular weight is 319 g/mol. The molecule has 1 saturated heterocycles. The number of nitrogen functional groups attached to an aromatic ring is 1. The maximum Gasteiger partial charge on any atom is 0.243 e. The Morgan fingerprint density at radius 1 is 1.50 bits per heavy atom. The smallest absolute Gasteiger partial charge is 0.243 e. The summed E-state index contributed by atoms with van der Waals surface area (Å²) in [7, 11) is -1.88. The van der Waals surface area contributed by atoms with Crippen LogP contribution < -0.4 is 5.73 Å². The van der Waals surface area contributed by atoms with Crippen molar-refractivity contribution in [3.05, 3.63) is 23.2 Å². The lowest BCUT2D eigenvalue weighted by atomic mass is 10.0. The zero-order chi connectivity index (χ0) is 14.8. The standard InChI is InChI=1S/C13H19ClN2O3S/c1-19-9-10-3-2-6-16(8-10)20(17,18)11-4-5-12(14)13(15)7-11/h4-5,7,10H,2-3,6,8-9,15H2,1H3. The van der Waals surface area contributed by atoms with E-state index in [0.717, 1.165) is 12.8 Å². The SMILES string of the molecule is COCC1CCCN(S(=O)(=O)c2ccc(Cl)c(N)c2)C1. The van der Waals surface area contributed by atoms with Crippen LogP contribution in [0, 0.1) is 5.92 Å². The highest BCUT2D eigenvalue weighted by Crippen LogP contribution is 2.27. The molecular weight excluding hydrogens is 300 g/mol. The average Bonchev–Trinajstić information content (AvgIpc) is 2.42. The van der Waals surface area contributed by atoms with E-state index in [4.69, 9.17) is 22.1 Å². The van der Waals surface area contributed by atoms with Crippen molar-refractivity contribution >= 4 is 27.3 Å². The molecule has 1 aliphatic heterocycles. The second kappa shape index (κ2) is 6.30. The molecule has 7 heteroatoms. The number of hydrogen-bond acceptors (Lipinski definition) is 4. The molecule has 1 aromatic rings. The highest BCUT2D eigenvalue weighted by atomic mass is 35.5. The first kappa shape index (κ1) is 15.6. The fourth-order valence-corrected chi connectivity index (χ4v) is 4.16. The molecule has 0 radical (unpaired) electrons. The Labute approximate surface area is 124 Å². The van der Waals surface area contributed by atoms with Crippen molar-refractivity contribution in [1.29, 1.82) is 0 Å². The number of piperidine rings is 1. The highest BCUT2D eigenvalue weighted by Gasteiger charge is 2.30. The first-order valence-corrected chi connectivity index (χ1v) is 8.31. The van der Waals surface area contributed by atoms with Gasteiger partial charge >= 0.3 is 0 Å². The van der Waals surface area contributed by atoms with Gasteiger partial charge in [-0.15, -0.1) is 0 Å². The molecule has 112 valence electrons. The van der Waals surface area contributed by atoms with E-state index in [2.05, 4.69) is 0 Å². The van der Waals surface area contributed by atoms with Gasteiger partial charge in [-0.05, 0) is 37.0 Å². The van der Waals surface area contributed by atoms with Crippen molar-refractivity contribution in [2.24, 2.45) is 5.92 Å². The van der Waals surface area contributed by atoms with Gasteiger partial charge in [-0.2, -0.15) is 4.31 Å². The molecule has 0 aliphatic carbocycles. The minimum atomic E-state index is -3.51. The van der Waals surface area contributed by atoms with Gasteiger partial charge in [0.15, 0.2) is 0 Å². The van der Waals surface area contributed by atoms with Crippen LogP contribution in [0.4, 0.5) is 5.69 Å². The van der Waals surface area contributed by atoms with E-state index in [1.807, 2.05) is 0 Å². The predicted octanol–water partition coefficient (Wildman–Crippen LogP) is 1.97. The predicted molar refractivity (Wildman–Crippen MR) is 79.2 cm³/mol. The lowest BCUT2D eigenvalue weighted by Crippen LogP contribution is -2.41. The monoisotopic (exact) mass is 318 g/mol. The molecule has 0 aromatic heterocycles. The molecule has 1 aliphatic rings. The van der Waals surface area contributed by atoms with Gasteiger partial charge in [-0.1, -0.05) is 11.6 Å². The first-order valence-electron chi connectivity index (χ1n) is 6.49. The Morgan fingerprint density at radius 3 is 2.90 bits per heavy atom. The van der Waals surface area contributed by atoms with Gasteiger partial charge in [0.2, 0.25) is 10.0 Å². The van der Waals surface area contributed by atoms with Crippen LogP contribution in [-0.2, 0) is 14.8 Å². The van der Waals surface area contributed by atoms with Crippen molar-refractivity contribution in [2.45, 2.75) is 17.7 Å². The van der Waals surface area contributed by atoms with Gasteiger partial charge in [0.1, 0.15) is 0 Å². The Morgan fingerprint density at radius 2 is 2.25 bits per heavy atom. The highest BCUT2D eigenvalue weighted by molar-refractivity contribution is 7.89. The van der Waals surface area contributed by atoms with Gasteiger partial charge in [0, 0.05) is 20.2 Å². The fraction of sp³-hybridized carbons (Fsp3) is 0.538. The first-order chi connectivity index (χ1) is 9.45. The number of nitrogens with two attached hydrogens (primary N) is 1. The van der Waals surface area contributed by atoms with Crippen LogP contribution in [0.2, 0.25) is 5.02 Å². The molecule has 5 nitrogen and oxygen atoms in total. The maximum atomic E-state index is 12.6. The van der Waals surface area contributed by atoms with Crippen LogP contribution in [0.5, 0.6) is 0 Å². The van der Waals surface area contributed by atoms with E-state index in [-0.39, 0.29) is 16.5 Å². The van der Waals surface area contributed by atoms with Gasteiger partial charge in [-0.3, -0.25) is 0 Å². The second-order valence-corrected chi connectivity index (χ2v) is 7.36. The maximum absolute atomic E-state index is 12.6. The third kappa shape index (κ3) is 3.25. The largest absolute Gasteiger partial charge is 0.397 e. The zero-order valence-electron chi connectivity index (χ0n) is 11.4. The van der Waals surface area contributed by atoms with Crippen molar-refractivity contribution in [1.82, 2.24) is 4.31 Å². The van der Waals surface area contributed by atoms with E-state index in [9.17, 15) is 8.42 Å². The summed E-state index contributed by atoms with van der Waals surface area (Å²) in [6, 6.07) is 4.42. The molecule has 0 amide bonds. The molecule has 1 aromatic carbocycles. The number of rotatable bonds is 4. The topological polar surface area (TPSA) is 72.6 Å². The zero-order valence-corrected chi connectivity index (χ0v) is 13.0. The Hall–Kier alpha value is -0.820. The third-order valence-electron chi connectivity index (χ3n) is 3.49. The second-order valence-electron chi connectivity index (χ2n) is 5.01. The molecular formula is C13H19ClN2O3S. The number of benzene rings is 1. The molecule has 2 N–H and O–H groups in total. The lowest BCUT2D eigenvalue weighted by molar-refractivity contribution is 0.118. The van der Waals surface area contributed by atoms with Gasteiger partial charge in [0.05, 0.1) is 22.2 Å². The molecule has 0 bridgehead atoms. The summed E-state index contributed by atoms with van der Waals surface area (Å²) in [5, 5.41) is 0.361. The molecule has 1 heterocycles. The fourth-order valence-electron chi connectivity index (χ4n) is 2.45. The van der Waals surface area contributed by atoms with Crippen molar-refractivity contribution in [3.8, 4) is 0 Å². The van der Waals surface area contributed by atoms with E-state index in [0.29, 0.717) is 24.7 Å². The number of methoxy groups -OCH3 is 1. The number of halogens is 1. The Bertz CT molecular complexity index is 575. The van der Waals surface area contributed by atoms with E-state index in [1.165, 1.54) is 22.5 Å². The van der Waals surface area contributed by atoms with Crippen LogP contribution in [0.3, 0.4) is 0 Å². The summed E-state index contributed by atoms with van der Waals surface area (Å²) in [4.78, 5) is 0.192. The summed E-state index contributed by atoms with van der Waals surface area (Å²) in [5.74, 6) is 0.244. The summed E-state index contributed by atoms with van der Waals surface area (Å²) in [6.45, 7) is 1.60. The molecule has 2 rings (SSSR count). The van der Waals surface area contributed by atoms with Crippen molar-refractivity contribution in [3.63, 3.8) is 0 Å². The molecule has 1 atom stereocenters. The van der Waals surface area contributed by atoms with Gasteiger partial charge in [0.25, 0.3) is 0 Å². The van der Waals surface area contributed by atoms with Crippen LogP contribution in [-0.4, -0.2) is 39.5 Å². The quantitative estimate of drug-likeness (QED) is 0.861. The number of sulfonamides is 1. The van der Waals surface area contributed by atoms with E-state index >= 15 is 0 Å².